The van der Waals surface area contributed by atoms with Crippen LogP contribution < -0.4 is 10.6 Å². The van der Waals surface area contributed by atoms with E-state index in [0.717, 1.165) is 12.1 Å². The van der Waals surface area contributed by atoms with Gasteiger partial charge in [-0.05, 0) is 60.9 Å². The van der Waals surface area contributed by atoms with Crippen molar-refractivity contribution in [2.75, 3.05) is 24.3 Å². The van der Waals surface area contributed by atoms with Crippen LogP contribution in [0.1, 0.15) is 117 Å². The zero-order valence-corrected chi connectivity index (χ0v) is 31.2. The molecule has 3 rings (SSSR count). The molecular formula is C38H61ClN2O5S. The molecule has 2 aromatic rings. The van der Waals surface area contributed by atoms with Gasteiger partial charge in [-0.15, -0.1) is 0 Å². The standard InChI is InChI=1S/C26H35ClN2O3S.C10H20O2.C2H6/c1-19(20-9-5-3-6-10-20)17-29(23-11-7-4-8-12-23)25-16-24(27)21(13-14-22(28)18-30)15-26(25)33(2,31)32;1-2-3-4-5-6-7-8-9-12-10-11;1-2/h4,7-8,11-12,15-16,18-20,22H,3,5-6,9-10,13-14,17,28H2,1-2H3;10H,2-9H2,1H3;1-2H3/t19-,22?;;/m0../s1. The average molecular weight is 693 g/mol. The van der Waals surface area contributed by atoms with Gasteiger partial charge in [-0.2, -0.15) is 0 Å². The Morgan fingerprint density at radius 2 is 1.60 bits per heavy atom. The smallest absolute Gasteiger partial charge is 0.293 e. The summed E-state index contributed by atoms with van der Waals surface area (Å²) in [6, 6.07) is 12.7. The quantitative estimate of drug-likeness (QED) is 0.115. The summed E-state index contributed by atoms with van der Waals surface area (Å²) in [5, 5.41) is 0.488. The van der Waals surface area contributed by atoms with E-state index in [0.29, 0.717) is 66.9 Å². The first-order valence-electron chi connectivity index (χ1n) is 17.7. The maximum absolute atomic E-state index is 12.9. The summed E-state index contributed by atoms with van der Waals surface area (Å²) < 4.78 is 30.3. The number of carbonyl (C=O) groups excluding carboxylic acids is 2. The van der Waals surface area contributed by atoms with Gasteiger partial charge < -0.3 is 20.2 Å². The lowest BCUT2D eigenvalue weighted by Gasteiger charge is -2.34. The van der Waals surface area contributed by atoms with E-state index < -0.39 is 15.9 Å². The Morgan fingerprint density at radius 1 is 0.979 bits per heavy atom. The van der Waals surface area contributed by atoms with Crippen LogP contribution in [0, 0.1) is 11.8 Å². The molecule has 0 radical (unpaired) electrons. The summed E-state index contributed by atoms with van der Waals surface area (Å²) in [7, 11) is -3.53. The van der Waals surface area contributed by atoms with Gasteiger partial charge in [-0.3, -0.25) is 4.79 Å². The summed E-state index contributed by atoms with van der Waals surface area (Å²) in [6.45, 7) is 10.3. The first-order valence-corrected chi connectivity index (χ1v) is 20.0. The van der Waals surface area contributed by atoms with Crippen LogP contribution in [0.15, 0.2) is 47.4 Å². The Kier molecular flexibility index (Phi) is 22.4. The van der Waals surface area contributed by atoms with E-state index >= 15 is 0 Å². The van der Waals surface area contributed by atoms with Crippen LogP contribution in [-0.2, 0) is 30.6 Å². The van der Waals surface area contributed by atoms with E-state index in [1.807, 2.05) is 44.2 Å². The number of nitrogens with zero attached hydrogens (tertiary/aromatic N) is 1. The van der Waals surface area contributed by atoms with Gasteiger partial charge in [0.2, 0.25) is 0 Å². The first kappa shape index (κ1) is 42.6. The highest BCUT2D eigenvalue weighted by Crippen LogP contribution is 2.39. The topological polar surface area (TPSA) is 107 Å². The molecule has 0 bridgehead atoms. The minimum atomic E-state index is -3.53. The zero-order chi connectivity index (χ0) is 35.1. The number of hydrogen-bond acceptors (Lipinski definition) is 7. The molecule has 2 aromatic carbocycles. The average Bonchev–Trinajstić information content (AvgIpc) is 3.09. The third kappa shape index (κ3) is 16.5. The van der Waals surface area contributed by atoms with Crippen molar-refractivity contribution in [3.8, 4) is 0 Å². The summed E-state index contributed by atoms with van der Waals surface area (Å²) in [6.07, 6.45) is 17.9. The van der Waals surface area contributed by atoms with Gasteiger partial charge in [0.05, 0.1) is 23.2 Å². The van der Waals surface area contributed by atoms with E-state index in [-0.39, 0.29) is 4.90 Å². The molecule has 1 saturated carbocycles. The van der Waals surface area contributed by atoms with Crippen molar-refractivity contribution in [1.29, 1.82) is 0 Å². The van der Waals surface area contributed by atoms with E-state index in [9.17, 15) is 18.0 Å². The van der Waals surface area contributed by atoms with Crippen molar-refractivity contribution < 1.29 is 22.7 Å². The normalized spacial score (nSPS) is 14.4. The fraction of sp³-hybridized carbons (Fsp3) is 0.632. The zero-order valence-electron chi connectivity index (χ0n) is 29.6. The number of para-hydroxylation sites is 1. The van der Waals surface area contributed by atoms with Gasteiger partial charge in [-0.25, -0.2) is 8.42 Å². The van der Waals surface area contributed by atoms with Crippen molar-refractivity contribution in [3.63, 3.8) is 0 Å². The van der Waals surface area contributed by atoms with Crippen molar-refractivity contribution >= 4 is 45.6 Å². The minimum Gasteiger partial charge on any atom is -0.468 e. The number of ether oxygens (including phenoxy) is 1. The number of anilines is 2. The molecule has 9 heteroatoms. The Hall–Kier alpha value is -2.42. The number of unbranched alkanes of at least 4 members (excludes halogenated alkanes) is 6. The van der Waals surface area contributed by atoms with E-state index in [1.54, 1.807) is 12.1 Å². The summed E-state index contributed by atoms with van der Waals surface area (Å²) in [5.74, 6) is 1.04. The number of halogens is 1. The molecule has 1 aliphatic rings. The highest BCUT2D eigenvalue weighted by atomic mass is 35.5. The second kappa shape index (κ2) is 24.7. The molecule has 0 heterocycles. The molecule has 0 amide bonds. The molecule has 7 nitrogen and oxygen atoms in total. The van der Waals surface area contributed by atoms with Crippen LogP contribution in [0.5, 0.6) is 0 Å². The third-order valence-electron chi connectivity index (χ3n) is 8.67. The van der Waals surface area contributed by atoms with Crippen molar-refractivity contribution in [2.45, 2.75) is 129 Å². The molecular weight excluding hydrogens is 632 g/mol. The summed E-state index contributed by atoms with van der Waals surface area (Å²) in [4.78, 5) is 23.0. The van der Waals surface area contributed by atoms with Gasteiger partial charge in [0.25, 0.3) is 6.47 Å². The van der Waals surface area contributed by atoms with E-state index in [4.69, 9.17) is 17.3 Å². The number of nitrogens with two attached hydrogens (primary N) is 1. The predicted octanol–water partition coefficient (Wildman–Crippen LogP) is 9.49. The highest BCUT2D eigenvalue weighted by molar-refractivity contribution is 7.90. The first-order chi connectivity index (χ1) is 22.6. The monoisotopic (exact) mass is 692 g/mol. The second-order valence-corrected chi connectivity index (χ2v) is 14.8. The number of sulfone groups is 1. The number of benzene rings is 2. The van der Waals surface area contributed by atoms with E-state index in [2.05, 4.69) is 23.5 Å². The Labute approximate surface area is 290 Å². The molecule has 0 aliphatic heterocycles. The van der Waals surface area contributed by atoms with Crippen LogP contribution in [-0.4, -0.2) is 46.6 Å². The van der Waals surface area contributed by atoms with Crippen LogP contribution >= 0.6 is 11.6 Å². The van der Waals surface area contributed by atoms with Crippen LogP contribution in [0.4, 0.5) is 11.4 Å². The molecule has 266 valence electrons. The number of carbonyl (C=O) groups is 2. The van der Waals surface area contributed by atoms with Crippen LogP contribution in [0.25, 0.3) is 0 Å². The maximum atomic E-state index is 12.9. The molecule has 1 unspecified atom stereocenters. The molecule has 0 spiro atoms. The Bertz CT molecular complexity index is 1240. The SMILES string of the molecule is CC.CCCCCCCCCOC=O.C[C@@H](CN(c1ccccc1)c1cc(Cl)c(CCC(N)C=O)cc1S(C)(=O)=O)C1CCCCC1. The molecule has 1 aliphatic carbocycles. The van der Waals surface area contributed by atoms with Gasteiger partial charge >= 0.3 is 0 Å². The molecule has 2 N–H and O–H groups in total. The molecule has 0 saturated heterocycles. The number of aldehydes is 1. The predicted molar refractivity (Wildman–Crippen MR) is 197 cm³/mol. The largest absolute Gasteiger partial charge is 0.468 e. The Morgan fingerprint density at radius 3 is 2.17 bits per heavy atom. The van der Waals surface area contributed by atoms with Gasteiger partial charge in [-0.1, -0.05) is 128 Å². The Balaban J connectivity index is 0.000000667. The lowest BCUT2D eigenvalue weighted by Crippen LogP contribution is -2.30. The lowest BCUT2D eigenvalue weighted by atomic mass is 9.80. The fourth-order valence-corrected chi connectivity index (χ4v) is 7.11. The number of hydrogen-bond donors (Lipinski definition) is 1. The van der Waals surface area contributed by atoms with Crippen molar-refractivity contribution in [2.24, 2.45) is 17.6 Å². The molecule has 47 heavy (non-hydrogen) atoms. The van der Waals surface area contributed by atoms with E-state index in [1.165, 1.54) is 76.9 Å². The molecule has 2 atom stereocenters. The molecule has 1 fully saturated rings. The van der Waals surface area contributed by atoms with Crippen LogP contribution in [0.2, 0.25) is 5.02 Å². The highest BCUT2D eigenvalue weighted by Gasteiger charge is 2.27. The maximum Gasteiger partial charge on any atom is 0.293 e. The second-order valence-electron chi connectivity index (χ2n) is 12.4. The van der Waals surface area contributed by atoms with Gasteiger partial charge in [0, 0.05) is 23.5 Å². The minimum absolute atomic E-state index is 0.251. The van der Waals surface area contributed by atoms with Crippen LogP contribution in [0.3, 0.4) is 0 Å². The number of rotatable bonds is 19. The summed E-state index contributed by atoms with van der Waals surface area (Å²) in [5.41, 5.74) is 7.96. The fourth-order valence-electron chi connectivity index (χ4n) is 5.96. The molecule has 0 aromatic heterocycles. The summed E-state index contributed by atoms with van der Waals surface area (Å²) >= 11 is 6.64. The van der Waals surface area contributed by atoms with Crippen molar-refractivity contribution in [1.82, 2.24) is 0 Å². The third-order valence-corrected chi connectivity index (χ3v) is 10.1. The lowest BCUT2D eigenvalue weighted by molar-refractivity contribution is -0.128. The number of aryl methyl sites for hydroxylation is 1. The van der Waals surface area contributed by atoms with Gasteiger partial charge in [0.15, 0.2) is 9.84 Å². The van der Waals surface area contributed by atoms with Gasteiger partial charge in [0.1, 0.15) is 6.29 Å². The van der Waals surface area contributed by atoms with Crippen molar-refractivity contribution in [3.05, 3.63) is 53.1 Å².